The number of ether oxygens (including phenoxy) is 2. The van der Waals surface area contributed by atoms with Gasteiger partial charge in [-0.3, -0.25) is 4.79 Å². The topological polar surface area (TPSA) is 55.8 Å². The Kier molecular flexibility index (Phi) is 4.94. The maximum Gasteiger partial charge on any atom is 0.377 e. The molecule has 1 saturated heterocycles. The molecule has 0 aromatic heterocycles. The van der Waals surface area contributed by atoms with Gasteiger partial charge in [0.1, 0.15) is 11.6 Å². The van der Waals surface area contributed by atoms with E-state index in [4.69, 9.17) is 9.47 Å². The third kappa shape index (κ3) is 4.49. The SMILES string of the molecule is CC1(C)OC(=O)/C(=C/C(=O)N(Cc2ccc(F)cc2)c2ccc(F)cc2)O1. The van der Waals surface area contributed by atoms with Gasteiger partial charge >= 0.3 is 5.97 Å². The smallest absolute Gasteiger partial charge is 0.377 e. The molecule has 3 rings (SSSR count). The Morgan fingerprint density at radius 2 is 1.56 bits per heavy atom. The van der Waals surface area contributed by atoms with Gasteiger partial charge in [0, 0.05) is 19.5 Å². The number of halogens is 2. The van der Waals surface area contributed by atoms with Gasteiger partial charge in [-0.25, -0.2) is 13.6 Å². The van der Waals surface area contributed by atoms with Gasteiger partial charge in [0.15, 0.2) is 0 Å². The van der Waals surface area contributed by atoms with E-state index in [0.29, 0.717) is 11.3 Å². The summed E-state index contributed by atoms with van der Waals surface area (Å²) >= 11 is 0. The molecule has 0 N–H and O–H groups in total. The van der Waals surface area contributed by atoms with E-state index in [1.165, 1.54) is 53.4 Å². The average Bonchev–Trinajstić information content (AvgIpc) is 2.87. The minimum atomic E-state index is -1.15. The summed E-state index contributed by atoms with van der Waals surface area (Å²) in [6, 6.07) is 10.9. The fourth-order valence-electron chi connectivity index (χ4n) is 2.57. The number of hydrogen-bond acceptors (Lipinski definition) is 4. The van der Waals surface area contributed by atoms with Crippen molar-refractivity contribution in [1.29, 1.82) is 0 Å². The zero-order valence-corrected chi connectivity index (χ0v) is 14.7. The number of nitrogens with zero attached hydrogens (tertiary/aromatic N) is 1. The van der Waals surface area contributed by atoms with Gasteiger partial charge in [0.25, 0.3) is 5.91 Å². The Bertz CT molecular complexity index is 889. The molecule has 0 spiro atoms. The molecule has 0 unspecified atom stereocenters. The van der Waals surface area contributed by atoms with Crippen LogP contribution in [0.2, 0.25) is 0 Å². The quantitative estimate of drug-likeness (QED) is 0.606. The summed E-state index contributed by atoms with van der Waals surface area (Å²) in [6.45, 7) is 3.19. The average molecular weight is 373 g/mol. The number of hydrogen-bond donors (Lipinski definition) is 0. The highest BCUT2D eigenvalue weighted by atomic mass is 19.1. The second-order valence-electron chi connectivity index (χ2n) is 6.43. The van der Waals surface area contributed by atoms with Crippen molar-refractivity contribution in [1.82, 2.24) is 0 Å². The molecule has 1 amide bonds. The van der Waals surface area contributed by atoms with Crippen LogP contribution in [-0.2, 0) is 25.6 Å². The van der Waals surface area contributed by atoms with Crippen LogP contribution in [0.3, 0.4) is 0 Å². The number of rotatable bonds is 4. The molecule has 5 nitrogen and oxygen atoms in total. The maximum atomic E-state index is 13.2. The summed E-state index contributed by atoms with van der Waals surface area (Å²) in [5.74, 6) is -3.51. The lowest BCUT2D eigenvalue weighted by atomic mass is 10.2. The number of esters is 1. The van der Waals surface area contributed by atoms with Crippen molar-refractivity contribution in [3.8, 4) is 0 Å². The van der Waals surface area contributed by atoms with E-state index in [1.54, 1.807) is 13.8 Å². The summed E-state index contributed by atoms with van der Waals surface area (Å²) < 4.78 is 36.7. The molecular weight excluding hydrogens is 356 g/mol. The molecule has 1 heterocycles. The Labute approximate surface area is 154 Å². The van der Waals surface area contributed by atoms with Crippen LogP contribution in [0.1, 0.15) is 19.4 Å². The van der Waals surface area contributed by atoms with Gasteiger partial charge in [0.2, 0.25) is 11.5 Å². The highest BCUT2D eigenvalue weighted by Gasteiger charge is 2.38. The molecule has 1 aliphatic rings. The fourth-order valence-corrected chi connectivity index (χ4v) is 2.57. The number of amides is 1. The first-order chi connectivity index (χ1) is 12.7. The van der Waals surface area contributed by atoms with E-state index in [1.807, 2.05) is 0 Å². The van der Waals surface area contributed by atoms with Gasteiger partial charge < -0.3 is 14.4 Å². The molecule has 0 atom stereocenters. The fraction of sp³-hybridized carbons (Fsp3) is 0.200. The van der Waals surface area contributed by atoms with Crippen LogP contribution >= 0.6 is 0 Å². The monoisotopic (exact) mass is 373 g/mol. The molecule has 7 heteroatoms. The lowest BCUT2D eigenvalue weighted by Crippen LogP contribution is -2.29. The minimum Gasteiger partial charge on any atom is -0.445 e. The van der Waals surface area contributed by atoms with Gasteiger partial charge in [-0.05, 0) is 42.0 Å². The van der Waals surface area contributed by atoms with Crippen LogP contribution in [-0.4, -0.2) is 17.7 Å². The van der Waals surface area contributed by atoms with E-state index >= 15 is 0 Å². The van der Waals surface area contributed by atoms with E-state index in [9.17, 15) is 18.4 Å². The molecule has 2 aromatic carbocycles. The number of carbonyl (C=O) groups excluding carboxylic acids is 2. The second kappa shape index (κ2) is 7.19. The molecule has 0 saturated carbocycles. The largest absolute Gasteiger partial charge is 0.445 e. The molecule has 140 valence electrons. The Balaban J connectivity index is 1.91. The lowest BCUT2D eigenvalue weighted by Gasteiger charge is -2.22. The highest BCUT2D eigenvalue weighted by Crippen LogP contribution is 2.27. The first-order valence-corrected chi connectivity index (χ1v) is 8.19. The van der Waals surface area contributed by atoms with E-state index in [2.05, 4.69) is 0 Å². The lowest BCUT2D eigenvalue weighted by molar-refractivity contribution is -0.159. The van der Waals surface area contributed by atoms with Crippen molar-refractivity contribution in [2.45, 2.75) is 26.2 Å². The van der Waals surface area contributed by atoms with Gasteiger partial charge in [0.05, 0.1) is 12.6 Å². The summed E-state index contributed by atoms with van der Waals surface area (Å²) in [5, 5.41) is 0. The van der Waals surface area contributed by atoms with E-state index in [-0.39, 0.29) is 12.3 Å². The molecule has 1 fully saturated rings. The summed E-state index contributed by atoms with van der Waals surface area (Å²) in [4.78, 5) is 26.0. The van der Waals surface area contributed by atoms with Gasteiger partial charge in [-0.15, -0.1) is 0 Å². The maximum absolute atomic E-state index is 13.2. The van der Waals surface area contributed by atoms with E-state index in [0.717, 1.165) is 6.08 Å². The highest BCUT2D eigenvalue weighted by molar-refractivity contribution is 6.05. The predicted octanol–water partition coefficient (Wildman–Crippen LogP) is 3.69. The summed E-state index contributed by atoms with van der Waals surface area (Å²) in [5.41, 5.74) is 1.07. The molecular formula is C20H17F2NO4. The number of cyclic esters (lactones) is 1. The second-order valence-corrected chi connectivity index (χ2v) is 6.43. The van der Waals surface area contributed by atoms with Crippen LogP contribution in [0.15, 0.2) is 60.4 Å². The van der Waals surface area contributed by atoms with Crippen molar-refractivity contribution in [3.05, 3.63) is 77.6 Å². The van der Waals surface area contributed by atoms with Crippen molar-refractivity contribution in [3.63, 3.8) is 0 Å². The molecule has 0 aliphatic carbocycles. The minimum absolute atomic E-state index is 0.0902. The summed E-state index contributed by atoms with van der Waals surface area (Å²) in [7, 11) is 0. The normalized spacial score (nSPS) is 16.7. The Hall–Kier alpha value is -3.22. The zero-order valence-electron chi connectivity index (χ0n) is 14.7. The standard InChI is InChI=1S/C20H17F2NO4/c1-20(2)26-17(19(25)27-20)11-18(24)23(16-9-7-15(22)8-10-16)12-13-3-5-14(21)6-4-13/h3-11H,12H2,1-2H3/b17-11-. The van der Waals surface area contributed by atoms with Crippen molar-refractivity contribution in [2.24, 2.45) is 0 Å². The third-order valence-electron chi connectivity index (χ3n) is 3.81. The predicted molar refractivity (Wildman–Crippen MR) is 93.3 cm³/mol. The van der Waals surface area contributed by atoms with Crippen molar-refractivity contribution in [2.75, 3.05) is 4.90 Å². The molecule has 1 aliphatic heterocycles. The van der Waals surface area contributed by atoms with Crippen LogP contribution in [0.4, 0.5) is 14.5 Å². The van der Waals surface area contributed by atoms with Crippen LogP contribution in [0, 0.1) is 11.6 Å². The molecule has 27 heavy (non-hydrogen) atoms. The zero-order chi connectivity index (χ0) is 19.6. The third-order valence-corrected chi connectivity index (χ3v) is 3.81. The number of benzene rings is 2. The number of anilines is 1. The van der Waals surface area contributed by atoms with Crippen molar-refractivity contribution >= 4 is 17.6 Å². The summed E-state index contributed by atoms with van der Waals surface area (Å²) in [6.07, 6.45) is 1.03. The molecule has 2 aromatic rings. The van der Waals surface area contributed by atoms with Crippen LogP contribution in [0.25, 0.3) is 0 Å². The first-order valence-electron chi connectivity index (χ1n) is 8.19. The van der Waals surface area contributed by atoms with Gasteiger partial charge in [-0.2, -0.15) is 0 Å². The number of carbonyl (C=O) groups is 2. The van der Waals surface area contributed by atoms with Gasteiger partial charge in [-0.1, -0.05) is 12.1 Å². The Morgan fingerprint density at radius 3 is 2.07 bits per heavy atom. The van der Waals surface area contributed by atoms with Crippen LogP contribution in [0.5, 0.6) is 0 Å². The first kappa shape index (κ1) is 18.6. The van der Waals surface area contributed by atoms with Crippen molar-refractivity contribution < 1.29 is 27.8 Å². The molecule has 0 bridgehead atoms. The Morgan fingerprint density at radius 1 is 1.00 bits per heavy atom. The van der Waals surface area contributed by atoms with E-state index < -0.39 is 29.3 Å². The van der Waals surface area contributed by atoms with Crippen LogP contribution < -0.4 is 4.90 Å². The molecule has 0 radical (unpaired) electrons.